The molecule has 9 heteroatoms. The van der Waals surface area contributed by atoms with Gasteiger partial charge in [0.25, 0.3) is 5.91 Å². The third-order valence-electron chi connectivity index (χ3n) is 7.23. The highest BCUT2D eigenvalue weighted by atomic mass is 35.5. The third kappa shape index (κ3) is 7.03. The van der Waals surface area contributed by atoms with Crippen LogP contribution in [0.4, 0.5) is 13.6 Å². The highest BCUT2D eigenvalue weighted by molar-refractivity contribution is 7.00. The first-order valence-electron chi connectivity index (χ1n) is 14.3. The number of urea groups is 1. The highest BCUT2D eigenvalue weighted by Gasteiger charge is 2.52. The van der Waals surface area contributed by atoms with Gasteiger partial charge in [0.1, 0.15) is 17.4 Å². The number of carbonyl (C=O) groups is 2. The lowest BCUT2D eigenvalue weighted by molar-refractivity contribution is 0.0959. The predicted molar refractivity (Wildman–Crippen MR) is 175 cm³/mol. The van der Waals surface area contributed by atoms with Crippen LogP contribution in [0.25, 0.3) is 11.1 Å². The molecule has 4 rings (SSSR count). The van der Waals surface area contributed by atoms with Gasteiger partial charge in [0, 0.05) is 17.1 Å². The Balaban J connectivity index is 1.81. The second-order valence-corrected chi connectivity index (χ2v) is 17.5. The summed E-state index contributed by atoms with van der Waals surface area (Å²) < 4.78 is 38.3. The van der Waals surface area contributed by atoms with E-state index < -0.39 is 42.5 Å². The van der Waals surface area contributed by atoms with Crippen LogP contribution in [0.1, 0.15) is 51.9 Å². The molecule has 0 radical (unpaired) electrons. The van der Waals surface area contributed by atoms with E-state index in [4.69, 9.17) is 16.0 Å². The summed E-state index contributed by atoms with van der Waals surface area (Å²) in [6, 6.07) is 25.5. The Kier molecular flexibility index (Phi) is 9.66. The fourth-order valence-corrected chi connectivity index (χ4v) is 9.83. The van der Waals surface area contributed by atoms with E-state index in [0.29, 0.717) is 6.54 Å². The molecule has 0 saturated carbocycles. The topological polar surface area (TPSA) is 67.4 Å². The molecule has 0 heterocycles. The molecule has 0 atom stereocenters. The molecule has 0 bridgehead atoms. The lowest BCUT2D eigenvalue weighted by Gasteiger charge is -2.43. The summed E-state index contributed by atoms with van der Waals surface area (Å²) in [6.45, 7) is 12.3. The summed E-state index contributed by atoms with van der Waals surface area (Å²) in [5.74, 6) is -2.41. The Morgan fingerprint density at radius 1 is 0.795 bits per heavy atom. The lowest BCUT2D eigenvalue weighted by atomic mass is 9.97. The van der Waals surface area contributed by atoms with Crippen molar-refractivity contribution in [2.24, 2.45) is 5.41 Å². The normalized spacial score (nSPS) is 12.0. The minimum atomic E-state index is -3.19. The summed E-state index contributed by atoms with van der Waals surface area (Å²) in [7, 11) is -3.19. The summed E-state index contributed by atoms with van der Waals surface area (Å²) in [4.78, 5) is 25.0. The van der Waals surface area contributed by atoms with E-state index in [1.165, 1.54) is 12.1 Å². The molecule has 0 saturated heterocycles. The predicted octanol–water partition coefficient (Wildman–Crippen LogP) is 7.71. The van der Waals surface area contributed by atoms with Gasteiger partial charge < -0.3 is 9.74 Å². The van der Waals surface area contributed by atoms with Gasteiger partial charge in [0.15, 0.2) is 0 Å². The number of hydrogen-bond donors (Lipinski definition) is 2. The average Bonchev–Trinajstić information content (AvgIpc) is 2.96. The van der Waals surface area contributed by atoms with E-state index in [0.717, 1.165) is 22.5 Å². The number of nitrogens with one attached hydrogen (secondary N) is 2. The number of amides is 3. The maximum absolute atomic E-state index is 15.8. The van der Waals surface area contributed by atoms with Crippen molar-refractivity contribution >= 4 is 42.2 Å². The van der Waals surface area contributed by atoms with Crippen LogP contribution in [-0.2, 0) is 0 Å². The molecule has 0 aliphatic rings. The number of imide groups is 1. The van der Waals surface area contributed by atoms with Gasteiger partial charge in [-0.15, -0.1) is 0 Å². The molecule has 0 aliphatic heterocycles. The van der Waals surface area contributed by atoms with E-state index in [-0.39, 0.29) is 27.3 Å². The molecule has 3 amide bonds. The van der Waals surface area contributed by atoms with Gasteiger partial charge in [-0.05, 0) is 45.1 Å². The largest absolute Gasteiger partial charge is 0.533 e. The van der Waals surface area contributed by atoms with Gasteiger partial charge in [-0.25, -0.2) is 13.6 Å². The van der Waals surface area contributed by atoms with Crippen molar-refractivity contribution in [2.75, 3.05) is 6.54 Å². The standard InChI is InChI=1S/C35H37ClF2N2O3Si/c1-34(2,3)22-39-33(42)40-32(41)26-20-27(36)25(21-29(26)38)31-28(37)18-13-19-30(31)43-44(35(4,5)6,23-14-9-7-10-15-23)24-16-11-8-12-17-24/h7-21H,22H2,1-6H3,(H2,39,40,41,42). The monoisotopic (exact) mass is 634 g/mol. The number of carbonyl (C=O) groups excluding carboxylic acids is 2. The van der Waals surface area contributed by atoms with Gasteiger partial charge in [-0.2, -0.15) is 0 Å². The molecule has 5 nitrogen and oxygen atoms in total. The first kappa shape index (κ1) is 32.9. The number of benzene rings is 4. The van der Waals surface area contributed by atoms with Crippen LogP contribution in [0, 0.1) is 17.0 Å². The number of rotatable bonds is 7. The minimum Gasteiger partial charge on any atom is -0.533 e. The summed E-state index contributed by atoms with van der Waals surface area (Å²) >= 11 is 6.62. The van der Waals surface area contributed by atoms with Crippen LogP contribution >= 0.6 is 11.6 Å². The van der Waals surface area contributed by atoms with E-state index in [1.807, 2.05) is 81.4 Å². The van der Waals surface area contributed by atoms with E-state index in [2.05, 4.69) is 31.4 Å². The van der Waals surface area contributed by atoms with Crippen LogP contribution in [0.3, 0.4) is 0 Å². The molecular weight excluding hydrogens is 598 g/mol. The Labute approximate surface area is 263 Å². The van der Waals surface area contributed by atoms with E-state index >= 15 is 8.78 Å². The molecule has 2 N–H and O–H groups in total. The molecule has 0 spiro atoms. The Morgan fingerprint density at radius 2 is 1.36 bits per heavy atom. The van der Waals surface area contributed by atoms with Crippen molar-refractivity contribution in [1.29, 1.82) is 0 Å². The van der Waals surface area contributed by atoms with Crippen molar-refractivity contribution in [2.45, 2.75) is 46.6 Å². The second kappa shape index (κ2) is 12.9. The molecule has 4 aromatic carbocycles. The van der Waals surface area contributed by atoms with Crippen molar-refractivity contribution in [3.05, 3.63) is 113 Å². The fourth-order valence-electron chi connectivity index (χ4n) is 5.14. The number of halogens is 3. The maximum Gasteiger partial charge on any atom is 0.321 e. The van der Waals surface area contributed by atoms with E-state index in [9.17, 15) is 9.59 Å². The zero-order valence-corrected chi connectivity index (χ0v) is 27.5. The first-order valence-corrected chi connectivity index (χ1v) is 16.6. The summed E-state index contributed by atoms with van der Waals surface area (Å²) in [5, 5.41) is 6.15. The molecule has 230 valence electrons. The zero-order chi connectivity index (χ0) is 32.3. The lowest BCUT2D eigenvalue weighted by Crippen LogP contribution is -2.68. The van der Waals surface area contributed by atoms with Gasteiger partial charge in [-0.3, -0.25) is 10.1 Å². The average molecular weight is 635 g/mol. The van der Waals surface area contributed by atoms with Crippen molar-refractivity contribution in [3.8, 4) is 16.9 Å². The van der Waals surface area contributed by atoms with Crippen LogP contribution in [0.2, 0.25) is 10.1 Å². The quantitative estimate of drug-likeness (QED) is 0.205. The SMILES string of the molecule is CC(C)(C)CNC(=O)NC(=O)c1cc(Cl)c(-c2c(F)cccc2O[Si](c2ccccc2)(c2ccccc2)C(C)(C)C)cc1F. The Morgan fingerprint density at radius 3 is 1.89 bits per heavy atom. The highest BCUT2D eigenvalue weighted by Crippen LogP contribution is 2.43. The minimum absolute atomic E-state index is 0.0175. The van der Waals surface area contributed by atoms with Crippen LogP contribution in [0.15, 0.2) is 91.0 Å². The molecule has 0 aliphatic carbocycles. The van der Waals surface area contributed by atoms with E-state index in [1.54, 1.807) is 6.07 Å². The van der Waals surface area contributed by atoms with Crippen LogP contribution in [-0.4, -0.2) is 26.8 Å². The molecule has 0 fully saturated rings. The molecule has 44 heavy (non-hydrogen) atoms. The fraction of sp³-hybridized carbons (Fsp3) is 0.257. The van der Waals surface area contributed by atoms with Crippen LogP contribution in [0.5, 0.6) is 5.75 Å². The smallest absolute Gasteiger partial charge is 0.321 e. The van der Waals surface area contributed by atoms with Gasteiger partial charge >= 0.3 is 14.3 Å². The molecule has 0 aromatic heterocycles. The molecule has 4 aromatic rings. The van der Waals surface area contributed by atoms with Gasteiger partial charge in [0.05, 0.1) is 11.1 Å². The van der Waals surface area contributed by atoms with Gasteiger partial charge in [-0.1, -0.05) is 120 Å². The number of hydrogen-bond acceptors (Lipinski definition) is 3. The third-order valence-corrected chi connectivity index (χ3v) is 12.5. The summed E-state index contributed by atoms with van der Waals surface area (Å²) in [5.41, 5.74) is -0.677. The Bertz CT molecular complexity index is 1610. The Hall–Kier alpha value is -4.01. The first-order chi connectivity index (χ1) is 20.6. The maximum atomic E-state index is 15.8. The van der Waals surface area contributed by atoms with Crippen molar-refractivity contribution < 1.29 is 22.8 Å². The summed E-state index contributed by atoms with van der Waals surface area (Å²) in [6.07, 6.45) is 0. The van der Waals surface area contributed by atoms with Gasteiger partial charge in [0.2, 0.25) is 0 Å². The molecule has 0 unspecified atom stereocenters. The second-order valence-electron chi connectivity index (χ2n) is 12.9. The van der Waals surface area contributed by atoms with Crippen LogP contribution < -0.4 is 25.4 Å². The van der Waals surface area contributed by atoms with Crippen molar-refractivity contribution in [3.63, 3.8) is 0 Å². The van der Waals surface area contributed by atoms with Crippen molar-refractivity contribution in [1.82, 2.24) is 10.6 Å². The molecular formula is C35H37ClF2N2O3Si. The zero-order valence-electron chi connectivity index (χ0n) is 25.7.